The monoisotopic (exact) mass is 690 g/mol. The number of nitrogens with zero attached hydrogens (tertiary/aromatic N) is 4. The van der Waals surface area contributed by atoms with Gasteiger partial charge in [-0.05, 0) is 12.8 Å². The van der Waals surface area contributed by atoms with Crippen LogP contribution in [0.15, 0.2) is 6.20 Å². The van der Waals surface area contributed by atoms with E-state index in [0.717, 1.165) is 17.6 Å². The maximum atomic E-state index is 10.1. The van der Waals surface area contributed by atoms with Crippen LogP contribution in [0.25, 0.3) is 0 Å². The summed E-state index contributed by atoms with van der Waals surface area (Å²) in [5, 5.41) is 47.1. The maximum absolute atomic E-state index is 10.1. The van der Waals surface area contributed by atoms with Crippen molar-refractivity contribution in [1.82, 2.24) is 15.0 Å². The zero-order valence-electron chi connectivity index (χ0n) is 30.3. The van der Waals surface area contributed by atoms with E-state index in [1.54, 1.807) is 10.9 Å². The summed E-state index contributed by atoms with van der Waals surface area (Å²) >= 11 is 0. The van der Waals surface area contributed by atoms with Gasteiger partial charge in [-0.2, -0.15) is 0 Å². The number of aliphatic hydroxyl groups excluding tert-OH is 4. The third-order valence-corrected chi connectivity index (χ3v) is 9.00. The van der Waals surface area contributed by atoms with Gasteiger partial charge >= 0.3 is 0 Å². The minimum Gasteiger partial charge on any atom is -0.394 e. The normalized spacial score (nSPS) is 21.7. The van der Waals surface area contributed by atoms with Crippen LogP contribution in [0.4, 0.5) is 0 Å². The largest absolute Gasteiger partial charge is 0.394 e. The summed E-state index contributed by atoms with van der Waals surface area (Å²) in [7, 11) is 4.58. The van der Waals surface area contributed by atoms with Gasteiger partial charge in [0.15, 0.2) is 6.29 Å². The second-order valence-electron chi connectivity index (χ2n) is 13.8. The number of hydrogen-bond donors (Lipinski definition) is 4. The Morgan fingerprint density at radius 2 is 1.25 bits per heavy atom. The first-order valence-corrected chi connectivity index (χ1v) is 18.6. The Balaban J connectivity index is 1.35. The molecule has 2 rings (SSSR count). The summed E-state index contributed by atoms with van der Waals surface area (Å²) in [6.07, 6.45) is 14.5. The Hall–Kier alpha value is -1.26. The lowest BCUT2D eigenvalue weighted by atomic mass is 9.99. The van der Waals surface area contributed by atoms with Crippen LogP contribution >= 0.6 is 0 Å². The molecule has 48 heavy (non-hydrogen) atoms. The van der Waals surface area contributed by atoms with E-state index in [-0.39, 0.29) is 6.61 Å². The van der Waals surface area contributed by atoms with Gasteiger partial charge in [-0.3, -0.25) is 0 Å². The van der Waals surface area contributed by atoms with Crippen LogP contribution < -0.4 is 0 Å². The maximum Gasteiger partial charge on any atom is 0.187 e. The Morgan fingerprint density at radius 3 is 1.83 bits per heavy atom. The first kappa shape index (κ1) is 42.9. The van der Waals surface area contributed by atoms with E-state index in [1.165, 1.54) is 96.4 Å². The molecule has 0 amide bonds. The molecule has 0 aliphatic carbocycles. The number of unbranched alkanes of at least 4 members (excludes halogenated alkanes) is 13. The summed E-state index contributed by atoms with van der Waals surface area (Å²) in [6, 6.07) is 0. The molecule has 2 heterocycles. The molecule has 0 bridgehead atoms. The van der Waals surface area contributed by atoms with Crippen molar-refractivity contribution in [3.05, 3.63) is 11.9 Å². The summed E-state index contributed by atoms with van der Waals surface area (Å²) < 4.78 is 30.5. The fraction of sp³-hybridized carbons (Fsp3) is 0.943. The van der Waals surface area contributed by atoms with Gasteiger partial charge in [-0.25, -0.2) is 4.68 Å². The third kappa shape index (κ3) is 19.2. The average molecular weight is 690 g/mol. The first-order chi connectivity index (χ1) is 23.3. The fourth-order valence-electron chi connectivity index (χ4n) is 5.74. The SMILES string of the molecule is CCCCCCCCCCCCCCCC[N+](C)(C)CCOCCOCCOCCn1cc(CO[C@@H]2O[C@H](CO)[C@@H](O)[C@H](O)[C@H]2O)nn1. The van der Waals surface area contributed by atoms with E-state index in [0.29, 0.717) is 45.3 Å². The predicted molar refractivity (Wildman–Crippen MR) is 183 cm³/mol. The predicted octanol–water partition coefficient (Wildman–Crippen LogP) is 3.20. The number of hydrogen-bond acceptors (Lipinski definition) is 11. The van der Waals surface area contributed by atoms with Crippen LogP contribution in [0.5, 0.6) is 0 Å². The van der Waals surface area contributed by atoms with Crippen LogP contribution in [-0.2, 0) is 36.8 Å². The molecular formula is C35H69N4O9+. The molecule has 1 aromatic rings. The summed E-state index contributed by atoms with van der Waals surface area (Å²) in [5.41, 5.74) is 0.493. The van der Waals surface area contributed by atoms with E-state index in [9.17, 15) is 20.4 Å². The van der Waals surface area contributed by atoms with Crippen LogP contribution in [0.1, 0.15) is 103 Å². The van der Waals surface area contributed by atoms with Crippen molar-refractivity contribution in [2.24, 2.45) is 0 Å². The van der Waals surface area contributed by atoms with Crippen molar-refractivity contribution in [3.63, 3.8) is 0 Å². The quantitative estimate of drug-likeness (QED) is 0.0671. The molecule has 1 saturated heterocycles. The van der Waals surface area contributed by atoms with Gasteiger partial charge < -0.3 is 48.6 Å². The molecule has 0 saturated carbocycles. The highest BCUT2D eigenvalue weighted by Crippen LogP contribution is 2.22. The second kappa shape index (κ2) is 26.5. The smallest absolute Gasteiger partial charge is 0.187 e. The van der Waals surface area contributed by atoms with E-state index in [2.05, 4.69) is 31.3 Å². The van der Waals surface area contributed by atoms with Crippen molar-refractivity contribution in [2.75, 3.05) is 73.4 Å². The molecule has 1 aliphatic rings. The van der Waals surface area contributed by atoms with Gasteiger partial charge in [0, 0.05) is 0 Å². The van der Waals surface area contributed by atoms with Gasteiger partial charge in [0.2, 0.25) is 0 Å². The molecule has 0 radical (unpaired) electrons. The molecule has 1 aromatic heterocycles. The van der Waals surface area contributed by atoms with Crippen LogP contribution in [0.2, 0.25) is 0 Å². The molecule has 13 heteroatoms. The van der Waals surface area contributed by atoms with E-state index in [4.69, 9.17) is 23.7 Å². The molecule has 1 aliphatic heterocycles. The Labute approximate surface area is 289 Å². The van der Waals surface area contributed by atoms with Gasteiger partial charge in [-0.1, -0.05) is 89.2 Å². The summed E-state index contributed by atoms with van der Waals surface area (Å²) in [5.74, 6) is 0. The number of aromatic nitrogens is 3. The lowest BCUT2D eigenvalue weighted by Crippen LogP contribution is -2.59. The Bertz CT molecular complexity index is 892. The molecule has 5 atom stereocenters. The lowest BCUT2D eigenvalue weighted by Gasteiger charge is -2.39. The molecule has 0 unspecified atom stereocenters. The zero-order valence-corrected chi connectivity index (χ0v) is 30.3. The van der Waals surface area contributed by atoms with E-state index in [1.807, 2.05) is 0 Å². The number of aliphatic hydroxyl groups is 4. The van der Waals surface area contributed by atoms with Crippen molar-refractivity contribution in [1.29, 1.82) is 0 Å². The van der Waals surface area contributed by atoms with Crippen LogP contribution in [0.3, 0.4) is 0 Å². The van der Waals surface area contributed by atoms with E-state index >= 15 is 0 Å². The van der Waals surface area contributed by atoms with Crippen molar-refractivity contribution in [2.45, 2.75) is 141 Å². The third-order valence-electron chi connectivity index (χ3n) is 9.00. The van der Waals surface area contributed by atoms with Gasteiger partial charge in [0.05, 0.1) is 86.2 Å². The second-order valence-corrected chi connectivity index (χ2v) is 13.8. The first-order valence-electron chi connectivity index (χ1n) is 18.6. The Kier molecular flexibility index (Phi) is 23.7. The number of ether oxygens (including phenoxy) is 5. The fourth-order valence-corrected chi connectivity index (χ4v) is 5.74. The van der Waals surface area contributed by atoms with Gasteiger partial charge in [-0.15, -0.1) is 5.10 Å². The van der Waals surface area contributed by atoms with Crippen LogP contribution in [-0.4, -0.2) is 144 Å². The highest BCUT2D eigenvalue weighted by atomic mass is 16.7. The van der Waals surface area contributed by atoms with Crippen LogP contribution in [0, 0.1) is 0 Å². The number of quaternary nitrogens is 1. The molecule has 0 aromatic carbocycles. The molecule has 0 spiro atoms. The molecule has 1 fully saturated rings. The summed E-state index contributed by atoms with van der Waals surface area (Å²) in [4.78, 5) is 0. The standard InChI is InChI=1S/C35H69N4O9/c1-4-5-6-7-8-9-10-11-12-13-14-15-16-17-19-39(2,3)20-22-45-24-26-46-25-23-44-21-18-38-27-30(36-37-38)29-47-35-34(43)33(42)32(41)31(28-40)48-35/h27,31-35,40-43H,4-26,28-29H2,1-3H3/q+1/t31-,32-,33+,34-,35-/m1/s1. The summed E-state index contributed by atoms with van der Waals surface area (Å²) in [6.45, 7) is 7.65. The topological polar surface area (TPSA) is 158 Å². The Morgan fingerprint density at radius 1 is 0.708 bits per heavy atom. The molecule has 282 valence electrons. The average Bonchev–Trinajstić information content (AvgIpc) is 3.53. The molecular weight excluding hydrogens is 620 g/mol. The van der Waals surface area contributed by atoms with Gasteiger partial charge in [0.25, 0.3) is 0 Å². The zero-order chi connectivity index (χ0) is 34.9. The minimum atomic E-state index is -1.49. The van der Waals surface area contributed by atoms with Crippen molar-refractivity contribution < 1.29 is 48.6 Å². The highest BCUT2D eigenvalue weighted by molar-refractivity contribution is 4.92. The minimum absolute atomic E-state index is 0.0323. The number of likely N-dealkylation sites (N-methyl/N-ethyl adjacent to an activating group) is 1. The lowest BCUT2D eigenvalue weighted by molar-refractivity contribution is -0.891. The molecule has 13 nitrogen and oxygen atoms in total. The van der Waals surface area contributed by atoms with Crippen molar-refractivity contribution in [3.8, 4) is 0 Å². The van der Waals surface area contributed by atoms with Gasteiger partial charge in [0.1, 0.15) is 36.7 Å². The van der Waals surface area contributed by atoms with Crippen molar-refractivity contribution >= 4 is 0 Å². The highest BCUT2D eigenvalue weighted by Gasteiger charge is 2.44. The number of rotatable bonds is 31. The molecule has 4 N–H and O–H groups in total. The van der Waals surface area contributed by atoms with E-state index < -0.39 is 37.3 Å².